The fourth-order valence-electron chi connectivity index (χ4n) is 2.38. The molecule has 1 fully saturated rings. The van der Waals surface area contributed by atoms with Crippen LogP contribution in [0.5, 0.6) is 0 Å². The quantitative estimate of drug-likeness (QED) is 0.935. The van der Waals surface area contributed by atoms with Gasteiger partial charge in [0.2, 0.25) is 5.89 Å². The maximum Gasteiger partial charge on any atom is 0.243 e. The molecular formula is C14H15Cl2N3O2. The molecule has 0 saturated carbocycles. The molecule has 2 atom stereocenters. The summed E-state index contributed by atoms with van der Waals surface area (Å²) >= 11 is 11.9. The average Bonchev–Trinajstić information content (AvgIpc) is 3.11. The molecule has 1 N–H and O–H groups in total. The third kappa shape index (κ3) is 3.37. The molecule has 1 aliphatic rings. The van der Waals surface area contributed by atoms with Crippen LogP contribution in [0.25, 0.3) is 0 Å². The van der Waals surface area contributed by atoms with E-state index in [1.165, 1.54) is 0 Å². The van der Waals surface area contributed by atoms with E-state index in [1.807, 2.05) is 12.1 Å². The van der Waals surface area contributed by atoms with Crippen LogP contribution in [-0.2, 0) is 11.2 Å². The zero-order valence-corrected chi connectivity index (χ0v) is 13.0. The SMILES string of the molecule is COC1CNC(c2nc(Cc3ccc(Cl)c(Cl)c3)no2)C1. The van der Waals surface area contributed by atoms with Gasteiger partial charge in [0, 0.05) is 20.1 Å². The molecule has 2 aromatic rings. The van der Waals surface area contributed by atoms with Crippen LogP contribution in [0.3, 0.4) is 0 Å². The number of nitrogens with one attached hydrogen (secondary N) is 1. The lowest BCUT2D eigenvalue weighted by atomic mass is 10.1. The van der Waals surface area contributed by atoms with Gasteiger partial charge in [0.05, 0.1) is 22.2 Å². The van der Waals surface area contributed by atoms with Gasteiger partial charge in [-0.05, 0) is 24.1 Å². The van der Waals surface area contributed by atoms with Gasteiger partial charge in [-0.2, -0.15) is 4.98 Å². The number of rotatable bonds is 4. The Kier molecular flexibility index (Phi) is 4.45. The number of ether oxygens (including phenoxy) is 1. The van der Waals surface area contributed by atoms with Crippen molar-refractivity contribution >= 4 is 23.2 Å². The summed E-state index contributed by atoms with van der Waals surface area (Å²) in [6.45, 7) is 0.797. The Morgan fingerprint density at radius 1 is 1.38 bits per heavy atom. The van der Waals surface area contributed by atoms with Gasteiger partial charge < -0.3 is 14.6 Å². The van der Waals surface area contributed by atoms with Crippen molar-refractivity contribution in [2.24, 2.45) is 0 Å². The van der Waals surface area contributed by atoms with Crippen LogP contribution in [0.15, 0.2) is 22.7 Å². The van der Waals surface area contributed by atoms with E-state index in [2.05, 4.69) is 15.5 Å². The zero-order chi connectivity index (χ0) is 14.8. The van der Waals surface area contributed by atoms with Gasteiger partial charge in [0.25, 0.3) is 0 Å². The maximum atomic E-state index is 6.00. The summed E-state index contributed by atoms with van der Waals surface area (Å²) in [5, 5.41) is 8.39. The van der Waals surface area contributed by atoms with Crippen molar-refractivity contribution in [3.63, 3.8) is 0 Å². The molecule has 1 aromatic heterocycles. The Hall–Kier alpha value is -1.14. The Balaban J connectivity index is 1.69. The Morgan fingerprint density at radius 2 is 2.24 bits per heavy atom. The molecule has 1 aliphatic heterocycles. The number of hydrogen-bond donors (Lipinski definition) is 1. The van der Waals surface area contributed by atoms with E-state index >= 15 is 0 Å². The lowest BCUT2D eigenvalue weighted by molar-refractivity contribution is 0.116. The molecule has 0 aliphatic carbocycles. The van der Waals surface area contributed by atoms with E-state index in [9.17, 15) is 0 Å². The highest BCUT2D eigenvalue weighted by molar-refractivity contribution is 6.42. The molecule has 7 heteroatoms. The molecule has 0 amide bonds. The lowest BCUT2D eigenvalue weighted by Crippen LogP contribution is -2.16. The molecule has 5 nitrogen and oxygen atoms in total. The van der Waals surface area contributed by atoms with Crippen molar-refractivity contribution in [2.45, 2.75) is 25.0 Å². The van der Waals surface area contributed by atoms with Crippen LogP contribution < -0.4 is 5.32 Å². The average molecular weight is 328 g/mol. The fraction of sp³-hybridized carbons (Fsp3) is 0.429. The van der Waals surface area contributed by atoms with E-state index in [1.54, 1.807) is 13.2 Å². The fourth-order valence-corrected chi connectivity index (χ4v) is 2.70. The predicted octanol–water partition coefficient (Wildman–Crippen LogP) is 3.02. The summed E-state index contributed by atoms with van der Waals surface area (Å²) in [7, 11) is 1.71. The molecule has 0 bridgehead atoms. The predicted molar refractivity (Wildman–Crippen MR) is 79.7 cm³/mol. The number of halogens is 2. The van der Waals surface area contributed by atoms with E-state index in [0.717, 1.165) is 18.5 Å². The molecule has 1 aromatic carbocycles. The molecule has 0 radical (unpaired) electrons. The van der Waals surface area contributed by atoms with Crippen LogP contribution in [-0.4, -0.2) is 29.9 Å². The summed E-state index contributed by atoms with van der Waals surface area (Å²) < 4.78 is 10.6. The van der Waals surface area contributed by atoms with Gasteiger partial charge >= 0.3 is 0 Å². The van der Waals surface area contributed by atoms with Crippen LogP contribution >= 0.6 is 23.2 Å². The van der Waals surface area contributed by atoms with Crippen LogP contribution in [0, 0.1) is 0 Å². The highest BCUT2D eigenvalue weighted by atomic mass is 35.5. The standard InChI is InChI=1S/C14H15Cl2N3O2/c1-20-9-6-12(17-7-9)14-18-13(19-21-14)5-8-2-3-10(15)11(16)4-8/h2-4,9,12,17H,5-7H2,1H3. The molecule has 21 heavy (non-hydrogen) atoms. The smallest absolute Gasteiger partial charge is 0.243 e. The Labute approximate surface area is 132 Å². The first-order valence-electron chi connectivity index (χ1n) is 6.68. The first-order valence-corrected chi connectivity index (χ1v) is 7.44. The highest BCUT2D eigenvalue weighted by Gasteiger charge is 2.29. The number of benzene rings is 1. The normalized spacial score (nSPS) is 21.9. The van der Waals surface area contributed by atoms with Crippen molar-refractivity contribution in [3.8, 4) is 0 Å². The monoisotopic (exact) mass is 327 g/mol. The maximum absolute atomic E-state index is 6.00. The largest absolute Gasteiger partial charge is 0.380 e. The summed E-state index contributed by atoms with van der Waals surface area (Å²) in [6, 6.07) is 5.54. The molecule has 3 rings (SSSR count). The van der Waals surface area contributed by atoms with E-state index in [0.29, 0.717) is 28.2 Å². The van der Waals surface area contributed by atoms with E-state index < -0.39 is 0 Å². The third-order valence-electron chi connectivity index (χ3n) is 3.55. The zero-order valence-electron chi connectivity index (χ0n) is 11.5. The van der Waals surface area contributed by atoms with Gasteiger partial charge in [-0.3, -0.25) is 0 Å². The topological polar surface area (TPSA) is 60.2 Å². The number of nitrogens with zero attached hydrogens (tertiary/aromatic N) is 2. The van der Waals surface area contributed by atoms with Gasteiger partial charge in [-0.15, -0.1) is 0 Å². The second-order valence-electron chi connectivity index (χ2n) is 5.03. The molecule has 0 spiro atoms. The van der Waals surface area contributed by atoms with Crippen molar-refractivity contribution < 1.29 is 9.26 Å². The van der Waals surface area contributed by atoms with Gasteiger partial charge in [-0.1, -0.05) is 34.4 Å². The third-order valence-corrected chi connectivity index (χ3v) is 4.29. The summed E-state index contributed by atoms with van der Waals surface area (Å²) in [5.74, 6) is 1.23. The number of aromatic nitrogens is 2. The summed E-state index contributed by atoms with van der Waals surface area (Å²) in [5.41, 5.74) is 0.992. The van der Waals surface area contributed by atoms with Crippen LogP contribution in [0.4, 0.5) is 0 Å². The Morgan fingerprint density at radius 3 is 2.95 bits per heavy atom. The van der Waals surface area contributed by atoms with Crippen molar-refractivity contribution in [1.29, 1.82) is 0 Å². The van der Waals surface area contributed by atoms with E-state index in [4.69, 9.17) is 32.5 Å². The van der Waals surface area contributed by atoms with E-state index in [-0.39, 0.29) is 12.1 Å². The highest BCUT2D eigenvalue weighted by Crippen LogP contribution is 2.25. The first kappa shape index (κ1) is 14.8. The van der Waals surface area contributed by atoms with Gasteiger partial charge in [0.1, 0.15) is 0 Å². The second-order valence-corrected chi connectivity index (χ2v) is 5.84. The van der Waals surface area contributed by atoms with Crippen LogP contribution in [0.1, 0.15) is 29.7 Å². The molecular weight excluding hydrogens is 313 g/mol. The molecule has 112 valence electrons. The molecule has 2 heterocycles. The minimum Gasteiger partial charge on any atom is -0.380 e. The van der Waals surface area contributed by atoms with Gasteiger partial charge in [0.15, 0.2) is 5.82 Å². The first-order chi connectivity index (χ1) is 10.2. The number of hydrogen-bond acceptors (Lipinski definition) is 5. The number of methoxy groups -OCH3 is 1. The molecule has 1 saturated heterocycles. The summed E-state index contributed by atoms with van der Waals surface area (Å²) in [4.78, 5) is 4.44. The minimum atomic E-state index is 0.0602. The van der Waals surface area contributed by atoms with Crippen LogP contribution in [0.2, 0.25) is 10.0 Å². The minimum absolute atomic E-state index is 0.0602. The van der Waals surface area contributed by atoms with Crippen molar-refractivity contribution in [3.05, 3.63) is 45.5 Å². The molecule has 2 unspecified atom stereocenters. The summed E-state index contributed by atoms with van der Waals surface area (Å²) in [6.07, 6.45) is 1.59. The Bertz CT molecular complexity index is 632. The van der Waals surface area contributed by atoms with Gasteiger partial charge in [-0.25, -0.2) is 0 Å². The lowest BCUT2D eigenvalue weighted by Gasteiger charge is -2.04. The van der Waals surface area contributed by atoms with Crippen molar-refractivity contribution in [1.82, 2.24) is 15.5 Å². The van der Waals surface area contributed by atoms with Crippen molar-refractivity contribution in [2.75, 3.05) is 13.7 Å². The second kappa shape index (κ2) is 6.32.